The van der Waals surface area contributed by atoms with Crippen LogP contribution >= 0.6 is 11.3 Å². The standard InChI is InChI=1S/C17H13N5OS/c1-11-7-8-22-15(20-11)13(9-19-22)16(23)21-17-18-10-14(24-17)12-5-3-2-4-6-12/h2-10H,1H3,(H,18,21,23). The number of aryl methyl sites for hydroxylation is 1. The Morgan fingerprint density at radius 1 is 1.17 bits per heavy atom. The van der Waals surface area contributed by atoms with E-state index in [4.69, 9.17) is 0 Å². The van der Waals surface area contributed by atoms with Gasteiger partial charge in [0.2, 0.25) is 0 Å². The summed E-state index contributed by atoms with van der Waals surface area (Å²) in [5.41, 5.74) is 2.86. The van der Waals surface area contributed by atoms with Crippen LogP contribution in [0.3, 0.4) is 0 Å². The molecule has 4 rings (SSSR count). The zero-order valence-electron chi connectivity index (χ0n) is 12.8. The monoisotopic (exact) mass is 335 g/mol. The Balaban J connectivity index is 1.60. The van der Waals surface area contributed by atoms with Gasteiger partial charge in [0.05, 0.1) is 11.1 Å². The minimum atomic E-state index is -0.267. The summed E-state index contributed by atoms with van der Waals surface area (Å²) in [5.74, 6) is -0.267. The van der Waals surface area contributed by atoms with Gasteiger partial charge in [-0.3, -0.25) is 10.1 Å². The lowest BCUT2D eigenvalue weighted by Gasteiger charge is -2.00. The Hall–Kier alpha value is -3.06. The fourth-order valence-electron chi connectivity index (χ4n) is 2.35. The summed E-state index contributed by atoms with van der Waals surface area (Å²) in [5, 5.41) is 7.52. The first-order valence-corrected chi connectivity index (χ1v) is 8.16. The number of aromatic nitrogens is 4. The third-order valence-electron chi connectivity index (χ3n) is 3.54. The molecule has 7 heteroatoms. The maximum Gasteiger partial charge on any atom is 0.262 e. The summed E-state index contributed by atoms with van der Waals surface area (Å²) in [4.78, 5) is 22.2. The average molecular weight is 335 g/mol. The second kappa shape index (κ2) is 5.86. The Bertz CT molecular complexity index is 1020. The lowest BCUT2D eigenvalue weighted by Crippen LogP contribution is -2.11. The highest BCUT2D eigenvalue weighted by Gasteiger charge is 2.16. The number of anilines is 1. The van der Waals surface area contributed by atoms with Crippen LogP contribution in [0.4, 0.5) is 5.13 Å². The van der Waals surface area contributed by atoms with Gasteiger partial charge in [0, 0.05) is 18.1 Å². The third kappa shape index (κ3) is 2.65. The van der Waals surface area contributed by atoms with E-state index in [9.17, 15) is 4.79 Å². The predicted octanol–water partition coefficient (Wildman–Crippen LogP) is 3.41. The second-order valence-electron chi connectivity index (χ2n) is 5.25. The maximum absolute atomic E-state index is 12.5. The van der Waals surface area contributed by atoms with Crippen molar-refractivity contribution in [3.05, 3.63) is 66.2 Å². The number of carbonyl (C=O) groups is 1. The molecule has 1 aromatic carbocycles. The van der Waals surface area contributed by atoms with Crippen molar-refractivity contribution in [3.63, 3.8) is 0 Å². The van der Waals surface area contributed by atoms with Crippen molar-refractivity contribution >= 4 is 28.0 Å². The van der Waals surface area contributed by atoms with Gasteiger partial charge in [-0.15, -0.1) is 0 Å². The molecule has 0 atom stereocenters. The van der Waals surface area contributed by atoms with E-state index in [0.717, 1.165) is 16.1 Å². The predicted molar refractivity (Wildman–Crippen MR) is 93.2 cm³/mol. The Kier molecular flexibility index (Phi) is 3.55. The molecule has 24 heavy (non-hydrogen) atoms. The second-order valence-corrected chi connectivity index (χ2v) is 6.28. The van der Waals surface area contributed by atoms with Crippen molar-refractivity contribution in [1.29, 1.82) is 0 Å². The smallest absolute Gasteiger partial charge is 0.262 e. The lowest BCUT2D eigenvalue weighted by molar-refractivity contribution is 0.102. The molecule has 0 aliphatic heterocycles. The topological polar surface area (TPSA) is 72.2 Å². The van der Waals surface area contributed by atoms with E-state index in [-0.39, 0.29) is 5.91 Å². The molecule has 0 saturated heterocycles. The molecule has 118 valence electrons. The number of rotatable bonds is 3. The molecule has 3 aromatic heterocycles. The minimum Gasteiger partial charge on any atom is -0.298 e. The molecule has 3 heterocycles. The zero-order chi connectivity index (χ0) is 16.5. The van der Waals surface area contributed by atoms with E-state index >= 15 is 0 Å². The molecule has 0 bridgehead atoms. The number of thiazole rings is 1. The SMILES string of the molecule is Cc1ccn2ncc(C(=O)Nc3ncc(-c4ccccc4)s3)c2n1. The number of fused-ring (bicyclic) bond motifs is 1. The van der Waals surface area contributed by atoms with Crippen LogP contribution in [0.25, 0.3) is 16.1 Å². The molecule has 0 fully saturated rings. The molecule has 0 unspecified atom stereocenters. The van der Waals surface area contributed by atoms with Crippen LogP contribution in [0.15, 0.2) is 55.0 Å². The summed E-state index contributed by atoms with van der Waals surface area (Å²) in [6.07, 6.45) is 5.06. The van der Waals surface area contributed by atoms with Crippen LogP contribution in [0.1, 0.15) is 16.1 Å². The minimum absolute atomic E-state index is 0.267. The third-order valence-corrected chi connectivity index (χ3v) is 4.50. The van der Waals surface area contributed by atoms with E-state index in [1.165, 1.54) is 17.5 Å². The van der Waals surface area contributed by atoms with Crippen molar-refractivity contribution in [2.45, 2.75) is 6.92 Å². The van der Waals surface area contributed by atoms with Crippen LogP contribution in [0, 0.1) is 6.92 Å². The molecular weight excluding hydrogens is 322 g/mol. The van der Waals surface area contributed by atoms with Gasteiger partial charge < -0.3 is 0 Å². The van der Waals surface area contributed by atoms with Gasteiger partial charge in [-0.05, 0) is 18.6 Å². The first-order valence-electron chi connectivity index (χ1n) is 7.34. The van der Waals surface area contributed by atoms with Gasteiger partial charge in [-0.2, -0.15) is 5.10 Å². The van der Waals surface area contributed by atoms with Crippen LogP contribution in [-0.4, -0.2) is 25.5 Å². The van der Waals surface area contributed by atoms with Crippen LogP contribution in [0.2, 0.25) is 0 Å². The molecule has 1 amide bonds. The highest BCUT2D eigenvalue weighted by Crippen LogP contribution is 2.29. The molecule has 0 saturated carbocycles. The summed E-state index contributed by atoms with van der Waals surface area (Å²) in [6, 6.07) is 11.8. The van der Waals surface area contributed by atoms with Crippen molar-refractivity contribution < 1.29 is 4.79 Å². The molecule has 0 radical (unpaired) electrons. The summed E-state index contributed by atoms with van der Waals surface area (Å²) >= 11 is 1.43. The molecule has 4 aromatic rings. The number of nitrogens with zero attached hydrogens (tertiary/aromatic N) is 4. The van der Waals surface area contributed by atoms with Crippen LogP contribution in [-0.2, 0) is 0 Å². The lowest BCUT2D eigenvalue weighted by atomic mass is 10.2. The van der Waals surface area contributed by atoms with Crippen molar-refractivity contribution in [1.82, 2.24) is 19.6 Å². The summed E-state index contributed by atoms with van der Waals surface area (Å²) in [7, 11) is 0. The summed E-state index contributed by atoms with van der Waals surface area (Å²) < 4.78 is 1.58. The Morgan fingerprint density at radius 2 is 2.00 bits per heavy atom. The Labute approximate surface area is 141 Å². The van der Waals surface area contributed by atoms with Crippen molar-refractivity contribution in [2.75, 3.05) is 5.32 Å². The highest BCUT2D eigenvalue weighted by molar-refractivity contribution is 7.19. The van der Waals surface area contributed by atoms with Gasteiger partial charge in [0.15, 0.2) is 10.8 Å². The van der Waals surface area contributed by atoms with Gasteiger partial charge in [0.1, 0.15) is 5.56 Å². The number of benzene rings is 1. The molecular formula is C17H13N5OS. The number of carbonyl (C=O) groups excluding carboxylic acids is 1. The normalized spacial score (nSPS) is 10.9. The molecule has 0 aliphatic carbocycles. The maximum atomic E-state index is 12.5. The fourth-order valence-corrected chi connectivity index (χ4v) is 3.17. The average Bonchev–Trinajstić information content (AvgIpc) is 3.22. The van der Waals surface area contributed by atoms with E-state index in [0.29, 0.717) is 16.3 Å². The van der Waals surface area contributed by atoms with Gasteiger partial charge in [-0.1, -0.05) is 41.7 Å². The summed E-state index contributed by atoms with van der Waals surface area (Å²) in [6.45, 7) is 1.88. The van der Waals surface area contributed by atoms with Crippen molar-refractivity contribution in [2.24, 2.45) is 0 Å². The number of hydrogen-bond acceptors (Lipinski definition) is 5. The van der Waals surface area contributed by atoms with Crippen LogP contribution < -0.4 is 5.32 Å². The first kappa shape index (κ1) is 14.5. The van der Waals surface area contributed by atoms with E-state index < -0.39 is 0 Å². The number of nitrogens with one attached hydrogen (secondary N) is 1. The van der Waals surface area contributed by atoms with E-state index in [1.54, 1.807) is 16.9 Å². The number of hydrogen-bond donors (Lipinski definition) is 1. The molecule has 0 aliphatic rings. The first-order chi connectivity index (χ1) is 11.7. The van der Waals surface area contributed by atoms with E-state index in [2.05, 4.69) is 20.4 Å². The largest absolute Gasteiger partial charge is 0.298 e. The zero-order valence-corrected chi connectivity index (χ0v) is 13.6. The fraction of sp³-hybridized carbons (Fsp3) is 0.0588. The molecule has 6 nitrogen and oxygen atoms in total. The molecule has 0 spiro atoms. The van der Waals surface area contributed by atoms with Gasteiger partial charge >= 0.3 is 0 Å². The molecule has 1 N–H and O–H groups in total. The van der Waals surface area contributed by atoms with Crippen LogP contribution in [0.5, 0.6) is 0 Å². The quantitative estimate of drug-likeness (QED) is 0.623. The Morgan fingerprint density at radius 3 is 2.83 bits per heavy atom. The highest BCUT2D eigenvalue weighted by atomic mass is 32.1. The van der Waals surface area contributed by atoms with Gasteiger partial charge in [0.25, 0.3) is 5.91 Å². The van der Waals surface area contributed by atoms with Crippen molar-refractivity contribution in [3.8, 4) is 10.4 Å². The van der Waals surface area contributed by atoms with E-state index in [1.807, 2.05) is 43.3 Å². The van der Waals surface area contributed by atoms with Gasteiger partial charge in [-0.25, -0.2) is 14.5 Å². The number of amides is 1.